The first kappa shape index (κ1) is 27.7. The van der Waals surface area contributed by atoms with E-state index < -0.39 is 17.6 Å². The largest absolute Gasteiger partial charge is 0.491 e. The number of aromatic nitrogens is 6. The standard InChI is InChI=1S/C18H14F4N6O.C8H13NO/c1-10-16(26-27-25-10)11-6-15(29-5-4-13-3-2-12(19)7-23-13)17-14(18(20,21)22)8-24-28(17)9-11;1-2-8(10)9-6-4-3-5-7-9/h2-3,6-9H,4-5H2,1H3,(H,25,26,27);2H,1,3-7H2. The number of nitrogens with one attached hydrogen (secondary N) is 1. The third-order valence-electron chi connectivity index (χ3n) is 6.12. The van der Waals surface area contributed by atoms with Gasteiger partial charge in [0.15, 0.2) is 0 Å². The zero-order valence-corrected chi connectivity index (χ0v) is 21.2. The molecule has 1 aliphatic heterocycles. The summed E-state index contributed by atoms with van der Waals surface area (Å²) in [5.41, 5.74) is 0.992. The van der Waals surface area contributed by atoms with Crippen molar-refractivity contribution in [3.63, 3.8) is 0 Å². The molecular formula is C26H27F4N7O2. The molecular weight excluding hydrogens is 518 g/mol. The van der Waals surface area contributed by atoms with Gasteiger partial charge in [-0.2, -0.15) is 33.7 Å². The number of alkyl halides is 3. The number of carbonyl (C=O) groups excluding carboxylic acids is 1. The monoisotopic (exact) mass is 545 g/mol. The molecule has 13 heteroatoms. The maximum Gasteiger partial charge on any atom is 0.420 e. The summed E-state index contributed by atoms with van der Waals surface area (Å²) in [5, 5.41) is 14.3. The Morgan fingerprint density at radius 2 is 1.95 bits per heavy atom. The third-order valence-corrected chi connectivity index (χ3v) is 6.12. The zero-order chi connectivity index (χ0) is 28.0. The Labute approximate surface area is 221 Å². The minimum atomic E-state index is -4.59. The van der Waals surface area contributed by atoms with Crippen LogP contribution in [0.15, 0.2) is 49.4 Å². The summed E-state index contributed by atoms with van der Waals surface area (Å²) in [4.78, 5) is 16.7. The first-order valence-corrected chi connectivity index (χ1v) is 12.3. The van der Waals surface area contributed by atoms with Crippen LogP contribution >= 0.6 is 0 Å². The van der Waals surface area contributed by atoms with Crippen LogP contribution in [0.1, 0.15) is 36.2 Å². The van der Waals surface area contributed by atoms with Gasteiger partial charge in [0.2, 0.25) is 5.91 Å². The zero-order valence-electron chi connectivity index (χ0n) is 21.2. The van der Waals surface area contributed by atoms with Gasteiger partial charge in [0, 0.05) is 37.0 Å². The topological polar surface area (TPSA) is 101 Å². The predicted octanol–water partition coefficient (Wildman–Crippen LogP) is 4.79. The Hall–Kier alpha value is -4.29. The quantitative estimate of drug-likeness (QED) is 0.276. The Balaban J connectivity index is 0.000000298. The second-order valence-corrected chi connectivity index (χ2v) is 8.86. The number of piperidine rings is 1. The number of H-pyrrole nitrogens is 1. The van der Waals surface area contributed by atoms with E-state index in [1.165, 1.54) is 36.9 Å². The van der Waals surface area contributed by atoms with Crippen LogP contribution in [0.5, 0.6) is 5.75 Å². The number of halogens is 4. The molecule has 4 aromatic heterocycles. The first-order chi connectivity index (χ1) is 18.7. The molecule has 1 fully saturated rings. The number of aryl methyl sites for hydroxylation is 1. The van der Waals surface area contributed by atoms with Gasteiger partial charge in [0.1, 0.15) is 28.3 Å². The summed E-state index contributed by atoms with van der Waals surface area (Å²) in [7, 11) is 0. The van der Waals surface area contributed by atoms with Crippen molar-refractivity contribution in [2.45, 2.75) is 38.8 Å². The molecule has 0 spiro atoms. The van der Waals surface area contributed by atoms with E-state index in [0.717, 1.165) is 42.8 Å². The highest BCUT2D eigenvalue weighted by Crippen LogP contribution is 2.38. The van der Waals surface area contributed by atoms with Crippen molar-refractivity contribution in [2.75, 3.05) is 19.7 Å². The normalized spacial score (nSPS) is 13.6. The number of carbonyl (C=O) groups is 1. The lowest BCUT2D eigenvalue weighted by molar-refractivity contribution is -0.136. The number of amides is 1. The molecule has 1 saturated heterocycles. The van der Waals surface area contributed by atoms with Crippen LogP contribution in [-0.2, 0) is 17.4 Å². The van der Waals surface area contributed by atoms with Crippen molar-refractivity contribution in [3.8, 4) is 17.0 Å². The summed E-state index contributed by atoms with van der Waals surface area (Å²) < 4.78 is 60.0. The molecule has 9 nitrogen and oxygen atoms in total. The first-order valence-electron chi connectivity index (χ1n) is 12.3. The van der Waals surface area contributed by atoms with Gasteiger partial charge in [-0.25, -0.2) is 8.91 Å². The van der Waals surface area contributed by atoms with Crippen molar-refractivity contribution in [1.29, 1.82) is 0 Å². The maximum atomic E-state index is 13.4. The fourth-order valence-electron chi connectivity index (χ4n) is 4.15. The van der Waals surface area contributed by atoms with E-state index in [2.05, 4.69) is 32.1 Å². The molecule has 1 aliphatic rings. The molecule has 0 aliphatic carbocycles. The smallest absolute Gasteiger partial charge is 0.420 e. The van der Waals surface area contributed by atoms with Crippen LogP contribution in [0.3, 0.4) is 0 Å². The number of ether oxygens (including phenoxy) is 1. The lowest BCUT2D eigenvalue weighted by atomic mass is 10.1. The molecule has 0 bridgehead atoms. The van der Waals surface area contributed by atoms with Crippen LogP contribution in [0.4, 0.5) is 17.6 Å². The van der Waals surface area contributed by atoms with Gasteiger partial charge < -0.3 is 9.64 Å². The van der Waals surface area contributed by atoms with Crippen LogP contribution in [0.25, 0.3) is 16.8 Å². The molecule has 1 N–H and O–H groups in total. The summed E-state index contributed by atoms with van der Waals surface area (Å²) >= 11 is 0. The SMILES string of the molecule is C=CC(=O)N1CCCCC1.Cc1n[nH]nc1-c1cc(OCCc2ccc(F)cn2)c2c(C(F)(F)F)cnn2c1. The van der Waals surface area contributed by atoms with E-state index in [9.17, 15) is 22.4 Å². The van der Waals surface area contributed by atoms with E-state index in [0.29, 0.717) is 22.6 Å². The van der Waals surface area contributed by atoms with E-state index in [4.69, 9.17) is 4.74 Å². The molecule has 0 atom stereocenters. The van der Waals surface area contributed by atoms with Gasteiger partial charge in [-0.1, -0.05) is 6.58 Å². The van der Waals surface area contributed by atoms with Crippen molar-refractivity contribution in [3.05, 3.63) is 72.2 Å². The Morgan fingerprint density at radius 3 is 2.56 bits per heavy atom. The number of rotatable bonds is 6. The van der Waals surface area contributed by atoms with Gasteiger partial charge >= 0.3 is 6.18 Å². The minimum absolute atomic E-state index is 0.00293. The Kier molecular flexibility index (Phi) is 8.57. The van der Waals surface area contributed by atoms with Crippen LogP contribution in [0, 0.1) is 12.7 Å². The Bertz CT molecular complexity index is 1420. The average Bonchev–Trinajstić information content (AvgIpc) is 3.56. The van der Waals surface area contributed by atoms with Gasteiger partial charge in [-0.05, 0) is 50.5 Å². The predicted molar refractivity (Wildman–Crippen MR) is 134 cm³/mol. The number of hydrogen-bond acceptors (Lipinski definition) is 6. The van der Waals surface area contributed by atoms with E-state index in [1.807, 2.05) is 4.90 Å². The van der Waals surface area contributed by atoms with Crippen molar-refractivity contribution >= 4 is 11.4 Å². The average molecular weight is 546 g/mol. The minimum Gasteiger partial charge on any atom is -0.491 e. The number of hydrogen-bond donors (Lipinski definition) is 1. The lowest BCUT2D eigenvalue weighted by Crippen LogP contribution is -2.34. The van der Waals surface area contributed by atoms with Crippen molar-refractivity contribution in [1.82, 2.24) is 34.9 Å². The van der Waals surface area contributed by atoms with Crippen LogP contribution in [-0.4, -0.2) is 60.5 Å². The fraction of sp³-hybridized carbons (Fsp3) is 0.346. The number of nitrogens with zero attached hydrogens (tertiary/aromatic N) is 6. The number of pyridine rings is 2. The van der Waals surface area contributed by atoms with Crippen LogP contribution in [0.2, 0.25) is 0 Å². The molecule has 206 valence electrons. The highest BCUT2D eigenvalue weighted by molar-refractivity contribution is 5.87. The van der Waals surface area contributed by atoms with Gasteiger partial charge in [-0.3, -0.25) is 9.78 Å². The highest BCUT2D eigenvalue weighted by Gasteiger charge is 2.36. The number of fused-ring (bicyclic) bond motifs is 1. The van der Waals surface area contributed by atoms with E-state index >= 15 is 0 Å². The molecule has 39 heavy (non-hydrogen) atoms. The molecule has 0 saturated carbocycles. The molecule has 1 amide bonds. The van der Waals surface area contributed by atoms with Crippen molar-refractivity contribution < 1.29 is 27.1 Å². The van der Waals surface area contributed by atoms with Gasteiger partial charge in [-0.15, -0.1) is 0 Å². The second kappa shape index (κ2) is 12.0. The third kappa shape index (κ3) is 6.78. The van der Waals surface area contributed by atoms with Crippen LogP contribution < -0.4 is 4.74 Å². The van der Waals surface area contributed by atoms with E-state index in [1.54, 1.807) is 6.92 Å². The van der Waals surface area contributed by atoms with Gasteiger partial charge in [0.25, 0.3) is 0 Å². The lowest BCUT2D eigenvalue weighted by Gasteiger charge is -2.25. The van der Waals surface area contributed by atoms with Gasteiger partial charge in [0.05, 0.1) is 24.7 Å². The fourth-order valence-corrected chi connectivity index (χ4v) is 4.15. The molecule has 0 aromatic carbocycles. The molecule has 0 radical (unpaired) electrons. The molecule has 5 rings (SSSR count). The number of aromatic amines is 1. The Morgan fingerprint density at radius 1 is 1.18 bits per heavy atom. The summed E-state index contributed by atoms with van der Waals surface area (Å²) in [6.07, 6.45) is 3.91. The second-order valence-electron chi connectivity index (χ2n) is 8.86. The molecule has 5 heterocycles. The summed E-state index contributed by atoms with van der Waals surface area (Å²) in [5.74, 6) is -0.391. The highest BCUT2D eigenvalue weighted by atomic mass is 19.4. The molecule has 4 aromatic rings. The summed E-state index contributed by atoms with van der Waals surface area (Å²) in [6, 6.07) is 4.21. The van der Waals surface area contributed by atoms with E-state index in [-0.39, 0.29) is 30.2 Å². The summed E-state index contributed by atoms with van der Waals surface area (Å²) in [6.45, 7) is 7.04. The maximum absolute atomic E-state index is 13.4. The molecule has 0 unspecified atom stereocenters. The van der Waals surface area contributed by atoms with Crippen molar-refractivity contribution in [2.24, 2.45) is 0 Å². The number of likely N-dealkylation sites (tertiary alicyclic amines) is 1.